The van der Waals surface area contributed by atoms with Crippen molar-refractivity contribution in [2.75, 3.05) is 14.7 Å². The van der Waals surface area contributed by atoms with Crippen molar-refractivity contribution in [3.05, 3.63) is 568 Å². The number of pyridine rings is 2. The first-order chi connectivity index (χ1) is 70.6. The van der Waals surface area contributed by atoms with Gasteiger partial charge in [-0.05, 0) is 189 Å². The number of benzene rings is 18. The number of aromatic nitrogens is 7. The van der Waals surface area contributed by atoms with Crippen LogP contribution in [0, 0.1) is 17.9 Å². The van der Waals surface area contributed by atoms with Crippen LogP contribution in [0.2, 0.25) is 0 Å². The maximum Gasteiger partial charge on any atom is 0.238 e. The van der Waals surface area contributed by atoms with Gasteiger partial charge >= 0.3 is 0 Å². The zero-order chi connectivity index (χ0) is 95.9. The molecule has 14 heteroatoms. The third-order valence-corrected chi connectivity index (χ3v) is 28.5. The van der Waals surface area contributed by atoms with Crippen LogP contribution in [0.25, 0.3) is 116 Å². The molecule has 0 radical (unpaired) electrons. The Labute approximate surface area is 825 Å². The minimum absolute atomic E-state index is 0.00368. The van der Waals surface area contributed by atoms with Crippen molar-refractivity contribution in [3.8, 4) is 51.9 Å². The molecule has 18 aromatic carbocycles. The number of hydrogen-bond acceptors (Lipinski definition) is 11. The second-order valence-electron chi connectivity index (χ2n) is 36.6. The lowest BCUT2D eigenvalue weighted by molar-refractivity contribution is 0.631. The molecule has 0 bridgehead atoms. The lowest BCUT2D eigenvalue weighted by Gasteiger charge is -2.46. The van der Waals surface area contributed by atoms with Gasteiger partial charge in [0.1, 0.15) is 11.2 Å². The largest absolute Gasteiger partial charge is 0.456 e. The SMILES string of the molecule is CC1(C)c2ccccc2N(c2ccc3c(=O)c4ccccc4oc3c2)c2ccccc21.[C-]#[N+]c1cccc(C2(c3cccc(C#N)c3)c3ccccc3N(c3ccccc3)c3ccccc32)c1.c1ccc(-c2nc(-c3ccccc3)nc(-n3c4ccccc4c4ccc5c6ccccc6n(-c6ccccc6)c5c43)n2)cc1.c1ccc(N2c3ccccc3C3(c4ccccc42)c2cccnc2-c2ncccc23)cc1. The van der Waals surface area contributed by atoms with Crippen LogP contribution in [0.3, 0.4) is 0 Å². The van der Waals surface area contributed by atoms with E-state index < -0.39 is 10.8 Å². The minimum atomic E-state index is -0.716. The van der Waals surface area contributed by atoms with Crippen molar-refractivity contribution >= 4 is 122 Å². The third-order valence-electron chi connectivity index (χ3n) is 28.5. The van der Waals surface area contributed by atoms with Crippen LogP contribution in [-0.4, -0.2) is 34.1 Å². The summed E-state index contributed by atoms with van der Waals surface area (Å²) >= 11 is 0. The fraction of sp³-hybridized carbons (Fsp3) is 0.0388. The average Bonchev–Trinajstić information content (AvgIpc) is 1.66. The number of para-hydroxylation sites is 12. The van der Waals surface area contributed by atoms with Crippen molar-refractivity contribution in [1.29, 1.82) is 5.26 Å². The average molecular weight is 1840 g/mol. The molecule has 674 valence electrons. The van der Waals surface area contributed by atoms with Crippen LogP contribution in [0.5, 0.6) is 0 Å². The summed E-state index contributed by atoms with van der Waals surface area (Å²) in [6, 6.07) is 165. The van der Waals surface area contributed by atoms with E-state index in [1.54, 1.807) is 0 Å². The molecule has 0 fully saturated rings. The van der Waals surface area contributed by atoms with E-state index in [4.69, 9.17) is 35.9 Å². The van der Waals surface area contributed by atoms with E-state index in [0.29, 0.717) is 50.8 Å². The van der Waals surface area contributed by atoms with Gasteiger partial charge in [-0.3, -0.25) is 19.3 Å². The van der Waals surface area contributed by atoms with Crippen molar-refractivity contribution in [1.82, 2.24) is 34.1 Å². The molecule has 9 heterocycles. The summed E-state index contributed by atoms with van der Waals surface area (Å²) < 4.78 is 10.8. The predicted molar refractivity (Wildman–Crippen MR) is 578 cm³/mol. The predicted octanol–water partition coefficient (Wildman–Crippen LogP) is 31.4. The van der Waals surface area contributed by atoms with Gasteiger partial charge in [-0.1, -0.05) is 347 Å². The van der Waals surface area contributed by atoms with E-state index in [2.05, 4.69) is 364 Å². The monoisotopic (exact) mass is 1830 g/mol. The van der Waals surface area contributed by atoms with E-state index in [1.165, 1.54) is 55.5 Å². The van der Waals surface area contributed by atoms with Gasteiger partial charge in [0.2, 0.25) is 11.4 Å². The number of rotatable bonds is 9. The highest BCUT2D eigenvalue weighted by Gasteiger charge is 2.53. The summed E-state index contributed by atoms with van der Waals surface area (Å²) in [7, 11) is 0. The Balaban J connectivity index is 0.000000101. The quantitative estimate of drug-likeness (QED) is 0.101. The molecule has 0 saturated heterocycles. The molecular formula is C129H86N12O2. The highest BCUT2D eigenvalue weighted by molar-refractivity contribution is 6.24. The first-order valence-electron chi connectivity index (χ1n) is 47.9. The Bertz CT molecular complexity index is 9000. The molecule has 0 unspecified atom stereocenters. The topological polar surface area (TPSA) is 142 Å². The van der Waals surface area contributed by atoms with Gasteiger partial charge in [-0.25, -0.2) is 9.83 Å². The first-order valence-corrected chi connectivity index (χ1v) is 47.9. The summed E-state index contributed by atoms with van der Waals surface area (Å²) in [6.07, 6.45) is 3.74. The van der Waals surface area contributed by atoms with Crippen LogP contribution in [0.1, 0.15) is 75.0 Å². The molecule has 24 aromatic rings. The molecular weight excluding hydrogens is 1750 g/mol. The van der Waals surface area contributed by atoms with E-state index in [-0.39, 0.29) is 10.8 Å². The van der Waals surface area contributed by atoms with Crippen molar-refractivity contribution in [2.24, 2.45) is 0 Å². The first kappa shape index (κ1) is 85.4. The van der Waals surface area contributed by atoms with Crippen LogP contribution in [0.15, 0.2) is 495 Å². The van der Waals surface area contributed by atoms with Crippen molar-refractivity contribution in [2.45, 2.75) is 30.1 Å². The maximum atomic E-state index is 13.0. The maximum absolute atomic E-state index is 13.0. The fourth-order valence-corrected chi connectivity index (χ4v) is 22.5. The smallest absolute Gasteiger partial charge is 0.238 e. The molecule has 28 rings (SSSR count). The van der Waals surface area contributed by atoms with Crippen LogP contribution in [-0.2, 0) is 16.2 Å². The zero-order valence-electron chi connectivity index (χ0n) is 77.9. The van der Waals surface area contributed by atoms with E-state index in [1.807, 2.05) is 170 Å². The molecule has 14 nitrogen and oxygen atoms in total. The molecule has 0 amide bonds. The Morgan fingerprint density at radius 3 is 1.18 bits per heavy atom. The standard InChI is InChI=1S/C39H25N5.C33H21N3.C29H19N3.C28H21NO2/c1-4-14-26(15-5-1)37-40-38(27-16-6-2-7-17-27)42-39(41-37)44-34-23-13-11-21-30(34)32-25-24-31-29-20-10-12-22-33(29)43(35(31)36(32)44)28-18-8-3-9-19-28;1-35-27-14-10-13-26(22-27)33(25-12-9-11-24(21-25)23-34)29-17-5-7-19-31(29)36(28-15-3-2-4-16-28)32-20-8-6-18-30(32)33;1-2-10-20(11-3-1)32-25-16-6-4-12-21(25)29(22-13-5-7-17-26(22)32)23-14-8-18-30-27(23)28-24(29)15-9-19-31-28;1-28(2)21-10-4-6-12-23(21)29(24-13-7-5-11-22(24)28)18-15-16-20-26(17-18)31-25-14-8-3-9-19(25)27(20)30/h1-25H;2-22H;1-19H;3-17H,1-2H3. The zero-order valence-corrected chi connectivity index (χ0v) is 77.9. The number of anilines is 9. The van der Waals surface area contributed by atoms with Crippen LogP contribution >= 0.6 is 0 Å². The second kappa shape index (κ2) is 35.1. The fourth-order valence-electron chi connectivity index (χ4n) is 22.5. The summed E-state index contributed by atoms with van der Waals surface area (Å²) in [5.41, 5.74) is 32.1. The summed E-state index contributed by atoms with van der Waals surface area (Å²) in [4.78, 5) is 48.6. The van der Waals surface area contributed by atoms with E-state index in [0.717, 1.165) is 123 Å². The molecule has 1 spiro atoms. The van der Waals surface area contributed by atoms with Gasteiger partial charge in [0, 0.05) is 79.3 Å². The molecule has 3 aliphatic heterocycles. The number of nitrogens with zero attached hydrogens (tertiary/aromatic N) is 12. The van der Waals surface area contributed by atoms with E-state index >= 15 is 0 Å². The van der Waals surface area contributed by atoms with Gasteiger partial charge in [0.25, 0.3) is 0 Å². The van der Waals surface area contributed by atoms with Gasteiger partial charge in [-0.15, -0.1) is 0 Å². The molecule has 143 heavy (non-hydrogen) atoms. The number of hydrogen-bond donors (Lipinski definition) is 0. The number of nitriles is 1. The lowest BCUT2D eigenvalue weighted by Crippen LogP contribution is -2.37. The Kier molecular flexibility index (Phi) is 20.9. The molecule has 0 saturated carbocycles. The van der Waals surface area contributed by atoms with Gasteiger partial charge in [0.05, 0.1) is 107 Å². The highest BCUT2D eigenvalue weighted by atomic mass is 16.3. The van der Waals surface area contributed by atoms with E-state index in [9.17, 15) is 10.1 Å². The van der Waals surface area contributed by atoms with Gasteiger partial charge in [0.15, 0.2) is 17.3 Å². The van der Waals surface area contributed by atoms with Crippen LogP contribution < -0.4 is 20.1 Å². The minimum Gasteiger partial charge on any atom is -0.456 e. The molecule has 1 aliphatic carbocycles. The Morgan fingerprint density at radius 1 is 0.308 bits per heavy atom. The Hall–Kier alpha value is -19.3. The lowest BCUT2D eigenvalue weighted by atomic mass is 9.62. The van der Waals surface area contributed by atoms with Crippen molar-refractivity contribution in [3.63, 3.8) is 0 Å². The van der Waals surface area contributed by atoms with Crippen molar-refractivity contribution < 1.29 is 4.42 Å². The highest BCUT2D eigenvalue weighted by Crippen LogP contribution is 2.64. The summed E-state index contributed by atoms with van der Waals surface area (Å²) in [5, 5.41) is 15.7. The Morgan fingerprint density at radius 2 is 0.685 bits per heavy atom. The summed E-state index contributed by atoms with van der Waals surface area (Å²) in [6.45, 7) is 12.2. The third kappa shape index (κ3) is 13.8. The second-order valence-corrected chi connectivity index (χ2v) is 36.6. The normalized spacial score (nSPS) is 13.2. The molecule has 0 N–H and O–H groups in total. The van der Waals surface area contributed by atoms with Gasteiger partial charge < -0.3 is 23.7 Å². The van der Waals surface area contributed by atoms with Crippen LogP contribution in [0.4, 0.5) is 56.9 Å². The molecule has 4 aliphatic rings. The number of fused-ring (bicyclic) bond motifs is 22. The molecule has 0 atom stereocenters. The molecule has 6 aromatic heterocycles. The summed E-state index contributed by atoms with van der Waals surface area (Å²) in [5.74, 6) is 1.86. The van der Waals surface area contributed by atoms with Gasteiger partial charge in [-0.2, -0.15) is 15.2 Å².